The van der Waals surface area contributed by atoms with Gasteiger partial charge in [-0.1, -0.05) is 0 Å². The van der Waals surface area contributed by atoms with Crippen molar-refractivity contribution < 1.29 is 5.11 Å². The highest BCUT2D eigenvalue weighted by Crippen LogP contribution is 2.24. The number of anilines is 1. The van der Waals surface area contributed by atoms with Crippen LogP contribution in [0.25, 0.3) is 0 Å². The zero-order valence-electron chi connectivity index (χ0n) is 8.43. The Bertz CT molecular complexity index is 368. The molecule has 1 aromatic rings. The molecule has 1 N–H and O–H groups in total. The summed E-state index contributed by atoms with van der Waals surface area (Å²) < 4.78 is 0. The third-order valence-electron chi connectivity index (χ3n) is 2.78. The first kappa shape index (κ1) is 9.94. The van der Waals surface area contributed by atoms with Crippen molar-refractivity contribution in [2.45, 2.75) is 18.9 Å². The van der Waals surface area contributed by atoms with Crippen molar-refractivity contribution in [1.82, 2.24) is 4.98 Å². The normalized spacial score (nSPS) is 20.3. The summed E-state index contributed by atoms with van der Waals surface area (Å²) in [7, 11) is 0. The molecule has 0 aromatic carbocycles. The SMILES string of the molecule is N#Cc1ccc(N2CCCC2CO)cn1. The number of aliphatic hydroxyl groups is 1. The van der Waals surface area contributed by atoms with E-state index in [0.29, 0.717) is 5.69 Å². The minimum Gasteiger partial charge on any atom is -0.394 e. The van der Waals surface area contributed by atoms with Crippen LogP contribution in [0.2, 0.25) is 0 Å². The van der Waals surface area contributed by atoms with Gasteiger partial charge in [0.25, 0.3) is 0 Å². The number of nitrogens with zero attached hydrogens (tertiary/aromatic N) is 3. The van der Waals surface area contributed by atoms with Gasteiger partial charge in [0.2, 0.25) is 0 Å². The van der Waals surface area contributed by atoms with E-state index in [0.717, 1.165) is 25.1 Å². The largest absolute Gasteiger partial charge is 0.394 e. The predicted octanol–water partition coefficient (Wildman–Crippen LogP) is 0.914. The fourth-order valence-electron chi connectivity index (χ4n) is 1.99. The van der Waals surface area contributed by atoms with Crippen LogP contribution in [0.5, 0.6) is 0 Å². The molecule has 0 amide bonds. The summed E-state index contributed by atoms with van der Waals surface area (Å²) in [5.41, 5.74) is 1.42. The molecule has 0 aliphatic carbocycles. The molecule has 0 spiro atoms. The summed E-state index contributed by atoms with van der Waals surface area (Å²) in [6.45, 7) is 1.14. The Labute approximate surface area is 88.8 Å². The van der Waals surface area contributed by atoms with E-state index in [4.69, 9.17) is 5.26 Å². The molecule has 1 unspecified atom stereocenters. The van der Waals surface area contributed by atoms with Crippen LogP contribution in [0.3, 0.4) is 0 Å². The topological polar surface area (TPSA) is 60.2 Å². The molecule has 1 fully saturated rings. The van der Waals surface area contributed by atoms with Crippen LogP contribution in [0.1, 0.15) is 18.5 Å². The Morgan fingerprint density at radius 1 is 1.60 bits per heavy atom. The smallest absolute Gasteiger partial charge is 0.140 e. The molecule has 4 nitrogen and oxygen atoms in total. The Balaban J connectivity index is 2.19. The number of hydrogen-bond acceptors (Lipinski definition) is 4. The zero-order chi connectivity index (χ0) is 10.7. The van der Waals surface area contributed by atoms with Crippen LogP contribution in [0, 0.1) is 11.3 Å². The lowest BCUT2D eigenvalue weighted by Gasteiger charge is -2.24. The predicted molar refractivity (Wildman–Crippen MR) is 56.4 cm³/mol. The Morgan fingerprint density at radius 3 is 3.07 bits per heavy atom. The molecule has 2 heterocycles. The van der Waals surface area contributed by atoms with Gasteiger partial charge >= 0.3 is 0 Å². The third-order valence-corrected chi connectivity index (χ3v) is 2.78. The summed E-state index contributed by atoms with van der Waals surface area (Å²) in [5, 5.41) is 17.8. The Morgan fingerprint density at radius 2 is 2.47 bits per heavy atom. The number of nitriles is 1. The zero-order valence-corrected chi connectivity index (χ0v) is 8.43. The van der Waals surface area contributed by atoms with E-state index in [1.165, 1.54) is 0 Å². The van der Waals surface area contributed by atoms with Gasteiger partial charge in [0.15, 0.2) is 0 Å². The average molecular weight is 203 g/mol. The van der Waals surface area contributed by atoms with E-state index >= 15 is 0 Å². The number of hydrogen-bond donors (Lipinski definition) is 1. The van der Waals surface area contributed by atoms with E-state index < -0.39 is 0 Å². The van der Waals surface area contributed by atoms with Gasteiger partial charge in [0, 0.05) is 6.54 Å². The van der Waals surface area contributed by atoms with Crippen molar-refractivity contribution in [3.8, 4) is 6.07 Å². The molecular weight excluding hydrogens is 190 g/mol. The lowest BCUT2D eigenvalue weighted by Crippen LogP contribution is -2.32. The Hall–Kier alpha value is -1.60. The minimum atomic E-state index is 0.181. The van der Waals surface area contributed by atoms with Crippen molar-refractivity contribution >= 4 is 5.69 Å². The lowest BCUT2D eigenvalue weighted by atomic mass is 10.2. The molecule has 1 saturated heterocycles. The number of aliphatic hydroxyl groups excluding tert-OH is 1. The van der Waals surface area contributed by atoms with Crippen molar-refractivity contribution in [2.75, 3.05) is 18.1 Å². The van der Waals surface area contributed by atoms with Gasteiger partial charge in [-0.2, -0.15) is 5.26 Å². The van der Waals surface area contributed by atoms with Crippen LogP contribution >= 0.6 is 0 Å². The van der Waals surface area contributed by atoms with Gasteiger partial charge in [-0.05, 0) is 25.0 Å². The first-order chi connectivity index (χ1) is 7.35. The maximum atomic E-state index is 9.18. The fraction of sp³-hybridized carbons (Fsp3) is 0.455. The van der Waals surface area contributed by atoms with Crippen LogP contribution in [0.4, 0.5) is 5.69 Å². The fourth-order valence-corrected chi connectivity index (χ4v) is 1.99. The van der Waals surface area contributed by atoms with Crippen LogP contribution < -0.4 is 4.90 Å². The van der Waals surface area contributed by atoms with Gasteiger partial charge < -0.3 is 10.0 Å². The quantitative estimate of drug-likeness (QED) is 0.776. The maximum absolute atomic E-state index is 9.18. The van der Waals surface area contributed by atoms with Crippen molar-refractivity contribution in [2.24, 2.45) is 0 Å². The highest BCUT2D eigenvalue weighted by molar-refractivity contribution is 5.47. The van der Waals surface area contributed by atoms with E-state index in [1.54, 1.807) is 12.3 Å². The van der Waals surface area contributed by atoms with E-state index in [-0.39, 0.29) is 12.6 Å². The molecule has 0 bridgehead atoms. The van der Waals surface area contributed by atoms with Gasteiger partial charge in [0.05, 0.1) is 24.5 Å². The van der Waals surface area contributed by atoms with Crippen LogP contribution in [0.15, 0.2) is 18.3 Å². The first-order valence-electron chi connectivity index (χ1n) is 5.09. The monoisotopic (exact) mass is 203 g/mol. The average Bonchev–Trinajstić information content (AvgIpc) is 2.77. The molecule has 78 valence electrons. The molecule has 1 aromatic heterocycles. The van der Waals surface area contributed by atoms with Gasteiger partial charge in [-0.3, -0.25) is 0 Å². The minimum absolute atomic E-state index is 0.181. The molecule has 2 rings (SSSR count). The molecule has 1 aliphatic rings. The number of aromatic nitrogens is 1. The Kier molecular flexibility index (Phi) is 2.84. The number of pyridine rings is 1. The summed E-state index contributed by atoms with van der Waals surface area (Å²) in [5.74, 6) is 0. The second-order valence-electron chi connectivity index (χ2n) is 3.69. The standard InChI is InChI=1S/C11H13N3O/c12-6-9-3-4-10(7-13-9)14-5-1-2-11(14)8-15/h3-4,7,11,15H,1-2,5,8H2. The maximum Gasteiger partial charge on any atom is 0.140 e. The van der Waals surface area contributed by atoms with E-state index in [1.807, 2.05) is 12.1 Å². The van der Waals surface area contributed by atoms with Gasteiger partial charge in [-0.25, -0.2) is 4.98 Å². The summed E-state index contributed by atoms with van der Waals surface area (Å²) in [4.78, 5) is 6.17. The van der Waals surface area contributed by atoms with Crippen molar-refractivity contribution in [1.29, 1.82) is 5.26 Å². The molecule has 1 atom stereocenters. The molecule has 0 saturated carbocycles. The highest BCUT2D eigenvalue weighted by Gasteiger charge is 2.23. The molecule has 15 heavy (non-hydrogen) atoms. The lowest BCUT2D eigenvalue weighted by molar-refractivity contribution is 0.266. The van der Waals surface area contributed by atoms with Crippen molar-refractivity contribution in [3.63, 3.8) is 0 Å². The van der Waals surface area contributed by atoms with Gasteiger partial charge in [0.1, 0.15) is 11.8 Å². The van der Waals surface area contributed by atoms with Gasteiger partial charge in [-0.15, -0.1) is 0 Å². The summed E-state index contributed by atoms with van der Waals surface area (Å²) >= 11 is 0. The highest BCUT2D eigenvalue weighted by atomic mass is 16.3. The third kappa shape index (κ3) is 1.92. The summed E-state index contributed by atoms with van der Waals surface area (Å²) in [6.07, 6.45) is 3.83. The second-order valence-corrected chi connectivity index (χ2v) is 3.69. The summed E-state index contributed by atoms with van der Waals surface area (Å²) in [6, 6.07) is 5.80. The molecular formula is C11H13N3O. The first-order valence-corrected chi connectivity index (χ1v) is 5.09. The van der Waals surface area contributed by atoms with E-state index in [9.17, 15) is 5.11 Å². The van der Waals surface area contributed by atoms with Crippen LogP contribution in [-0.4, -0.2) is 29.3 Å². The molecule has 4 heteroatoms. The van der Waals surface area contributed by atoms with E-state index in [2.05, 4.69) is 9.88 Å². The molecule has 0 radical (unpaired) electrons. The molecule has 1 aliphatic heterocycles. The number of rotatable bonds is 2. The van der Waals surface area contributed by atoms with Crippen LogP contribution in [-0.2, 0) is 0 Å². The second kappa shape index (κ2) is 4.28. The van der Waals surface area contributed by atoms with Crippen molar-refractivity contribution in [3.05, 3.63) is 24.0 Å².